The van der Waals surface area contributed by atoms with Crippen LogP contribution in [0.5, 0.6) is 0 Å². The van der Waals surface area contributed by atoms with E-state index >= 15 is 0 Å². The molecule has 3 aromatic rings. The van der Waals surface area contributed by atoms with Crippen LogP contribution in [0.25, 0.3) is 10.9 Å². The van der Waals surface area contributed by atoms with Crippen molar-refractivity contribution in [1.29, 1.82) is 0 Å². The molecule has 1 heterocycles. The third kappa shape index (κ3) is 2.48. The fourth-order valence-corrected chi connectivity index (χ4v) is 4.57. The van der Waals surface area contributed by atoms with Crippen LogP contribution in [0, 0.1) is 17.4 Å². The molecule has 0 saturated heterocycles. The van der Waals surface area contributed by atoms with Crippen LogP contribution < -0.4 is 0 Å². The molecule has 3 nitrogen and oxygen atoms in total. The third-order valence-corrected chi connectivity index (χ3v) is 6.00. The Morgan fingerprint density at radius 3 is 2.24 bits per heavy atom. The topological polar surface area (TPSA) is 39.1 Å². The fraction of sp³-hybridized carbons (Fsp3) is 0.125. The summed E-state index contributed by atoms with van der Waals surface area (Å²) in [7, 11) is -3.56. The van der Waals surface area contributed by atoms with E-state index in [-0.39, 0.29) is 0 Å². The van der Waals surface area contributed by atoms with E-state index in [4.69, 9.17) is 0 Å². The van der Waals surface area contributed by atoms with Crippen molar-refractivity contribution >= 4 is 43.5 Å². The second-order valence-electron chi connectivity index (χ2n) is 5.11. The Labute approximate surface area is 137 Å². The second-order valence-corrected chi connectivity index (χ2v) is 8.09. The van der Waals surface area contributed by atoms with Crippen LogP contribution in [0.2, 0.25) is 0 Å². The van der Waals surface area contributed by atoms with E-state index in [1.807, 2.05) is 44.2 Å². The number of nitrogens with zero attached hydrogens (tertiary/aromatic N) is 1. The van der Waals surface area contributed by atoms with Gasteiger partial charge < -0.3 is 0 Å². The van der Waals surface area contributed by atoms with Gasteiger partial charge in [0.15, 0.2) is 0 Å². The van der Waals surface area contributed by atoms with E-state index in [1.165, 1.54) is 3.97 Å². The summed E-state index contributed by atoms with van der Waals surface area (Å²) in [5.41, 5.74) is 2.87. The zero-order chi connectivity index (χ0) is 15.2. The van der Waals surface area contributed by atoms with E-state index < -0.39 is 10.0 Å². The fourth-order valence-electron chi connectivity index (χ4n) is 2.30. The molecular weight excluding hydrogens is 397 g/mol. The molecule has 0 radical (unpaired) electrons. The standard InChI is InChI=1S/C16H14INO2S/c1-11-3-6-13(7-4-11)21(19,20)18-10-15(17)14-9-12(2)5-8-16(14)18/h3-10H,1-2H3. The zero-order valence-electron chi connectivity index (χ0n) is 11.7. The molecule has 3 rings (SSSR count). The number of hydrogen-bond donors (Lipinski definition) is 0. The first-order chi connectivity index (χ1) is 9.89. The maximum atomic E-state index is 12.8. The highest BCUT2D eigenvalue weighted by molar-refractivity contribution is 14.1. The van der Waals surface area contributed by atoms with E-state index in [1.54, 1.807) is 18.3 Å². The molecular formula is C16H14INO2S. The molecule has 0 unspecified atom stereocenters. The molecule has 0 bridgehead atoms. The number of hydrogen-bond acceptors (Lipinski definition) is 2. The molecule has 21 heavy (non-hydrogen) atoms. The van der Waals surface area contributed by atoms with Crippen molar-refractivity contribution in [3.63, 3.8) is 0 Å². The van der Waals surface area contributed by atoms with Gasteiger partial charge >= 0.3 is 0 Å². The lowest BCUT2D eigenvalue weighted by Crippen LogP contribution is -2.11. The van der Waals surface area contributed by atoms with Crippen LogP contribution in [0.3, 0.4) is 0 Å². The second kappa shape index (κ2) is 5.14. The number of aryl methyl sites for hydroxylation is 2. The van der Waals surface area contributed by atoms with Gasteiger partial charge in [-0.25, -0.2) is 12.4 Å². The maximum absolute atomic E-state index is 12.8. The van der Waals surface area contributed by atoms with Gasteiger partial charge in [-0.1, -0.05) is 29.3 Å². The normalized spacial score (nSPS) is 12.0. The van der Waals surface area contributed by atoms with Gasteiger partial charge in [0.05, 0.1) is 10.4 Å². The van der Waals surface area contributed by atoms with Crippen molar-refractivity contribution in [2.24, 2.45) is 0 Å². The summed E-state index contributed by atoms with van der Waals surface area (Å²) in [5.74, 6) is 0. The summed E-state index contributed by atoms with van der Waals surface area (Å²) >= 11 is 2.18. The van der Waals surface area contributed by atoms with Crippen molar-refractivity contribution in [3.8, 4) is 0 Å². The monoisotopic (exact) mass is 411 g/mol. The largest absolute Gasteiger partial charge is 0.268 e. The lowest BCUT2D eigenvalue weighted by Gasteiger charge is -2.08. The minimum Gasteiger partial charge on any atom is -0.240 e. The molecule has 0 aliphatic carbocycles. The molecule has 1 aromatic heterocycles. The molecule has 0 aliphatic rings. The molecule has 0 saturated carbocycles. The molecule has 2 aromatic carbocycles. The molecule has 0 amide bonds. The summed E-state index contributed by atoms with van der Waals surface area (Å²) in [6.45, 7) is 3.94. The summed E-state index contributed by atoms with van der Waals surface area (Å²) in [4.78, 5) is 0.307. The van der Waals surface area contributed by atoms with Crippen molar-refractivity contribution in [2.45, 2.75) is 18.7 Å². The number of aromatic nitrogens is 1. The SMILES string of the molecule is Cc1ccc(S(=O)(=O)n2cc(I)c3cc(C)ccc32)cc1. The molecule has 108 valence electrons. The van der Waals surface area contributed by atoms with Gasteiger partial charge in [0.25, 0.3) is 10.0 Å². The Morgan fingerprint density at radius 2 is 1.57 bits per heavy atom. The van der Waals surface area contributed by atoms with E-state index in [2.05, 4.69) is 22.6 Å². The molecule has 0 fully saturated rings. The van der Waals surface area contributed by atoms with E-state index in [0.717, 1.165) is 20.1 Å². The number of halogens is 1. The van der Waals surface area contributed by atoms with Crippen LogP contribution in [-0.2, 0) is 10.0 Å². The van der Waals surface area contributed by atoms with Crippen molar-refractivity contribution in [2.75, 3.05) is 0 Å². The Bertz CT molecular complexity index is 925. The van der Waals surface area contributed by atoms with Gasteiger partial charge in [0.2, 0.25) is 0 Å². The number of rotatable bonds is 2. The van der Waals surface area contributed by atoms with Gasteiger partial charge in [-0.05, 0) is 60.7 Å². The molecule has 0 aliphatic heterocycles. The lowest BCUT2D eigenvalue weighted by atomic mass is 10.2. The summed E-state index contributed by atoms with van der Waals surface area (Å²) in [6, 6.07) is 12.7. The van der Waals surface area contributed by atoms with Crippen LogP contribution in [0.4, 0.5) is 0 Å². The zero-order valence-corrected chi connectivity index (χ0v) is 14.6. The van der Waals surface area contributed by atoms with Gasteiger partial charge in [0.1, 0.15) is 0 Å². The molecule has 0 N–H and O–H groups in total. The van der Waals surface area contributed by atoms with Gasteiger partial charge in [-0.2, -0.15) is 0 Å². The maximum Gasteiger partial charge on any atom is 0.268 e. The Morgan fingerprint density at radius 1 is 0.952 bits per heavy atom. The minimum absolute atomic E-state index is 0.307. The average Bonchev–Trinajstić information content (AvgIpc) is 2.77. The van der Waals surface area contributed by atoms with E-state index in [9.17, 15) is 8.42 Å². The van der Waals surface area contributed by atoms with Gasteiger partial charge in [-0.3, -0.25) is 0 Å². The van der Waals surface area contributed by atoms with Gasteiger partial charge in [-0.15, -0.1) is 0 Å². The van der Waals surface area contributed by atoms with E-state index in [0.29, 0.717) is 10.4 Å². The highest BCUT2D eigenvalue weighted by atomic mass is 127. The summed E-state index contributed by atoms with van der Waals surface area (Å²) in [5, 5.41) is 0.964. The van der Waals surface area contributed by atoms with Crippen LogP contribution in [0.1, 0.15) is 11.1 Å². The van der Waals surface area contributed by atoms with Crippen LogP contribution >= 0.6 is 22.6 Å². The first-order valence-corrected chi connectivity index (χ1v) is 9.01. The minimum atomic E-state index is -3.56. The highest BCUT2D eigenvalue weighted by Gasteiger charge is 2.20. The number of benzene rings is 2. The quantitative estimate of drug-likeness (QED) is 0.596. The summed E-state index contributed by atoms with van der Waals surface area (Å²) in [6.07, 6.45) is 1.68. The Kier molecular flexibility index (Phi) is 3.57. The average molecular weight is 411 g/mol. The van der Waals surface area contributed by atoms with Crippen LogP contribution in [-0.4, -0.2) is 12.4 Å². The smallest absolute Gasteiger partial charge is 0.240 e. The first-order valence-electron chi connectivity index (χ1n) is 6.49. The predicted octanol–water partition coefficient (Wildman–Crippen LogP) is 4.10. The first kappa shape index (κ1) is 14.6. The Hall–Kier alpha value is -1.34. The van der Waals surface area contributed by atoms with Crippen molar-refractivity contribution in [1.82, 2.24) is 3.97 Å². The molecule has 0 atom stereocenters. The third-order valence-electron chi connectivity index (χ3n) is 3.46. The highest BCUT2D eigenvalue weighted by Crippen LogP contribution is 2.27. The molecule has 0 spiro atoms. The van der Waals surface area contributed by atoms with Gasteiger partial charge in [0, 0.05) is 15.2 Å². The predicted molar refractivity (Wildman–Crippen MR) is 93.2 cm³/mol. The number of fused-ring (bicyclic) bond motifs is 1. The summed E-state index contributed by atoms with van der Waals surface area (Å²) < 4.78 is 27.9. The lowest BCUT2D eigenvalue weighted by molar-refractivity contribution is 0.589. The van der Waals surface area contributed by atoms with Crippen LogP contribution in [0.15, 0.2) is 53.6 Å². The Balaban J connectivity index is 2.26. The van der Waals surface area contributed by atoms with Crippen molar-refractivity contribution < 1.29 is 8.42 Å². The molecule has 5 heteroatoms. The van der Waals surface area contributed by atoms with Crippen molar-refractivity contribution in [3.05, 3.63) is 63.4 Å².